The summed E-state index contributed by atoms with van der Waals surface area (Å²) in [6.07, 6.45) is 0.716. The predicted molar refractivity (Wildman–Crippen MR) is 114 cm³/mol. The molecule has 0 saturated heterocycles. The second-order valence-electron chi connectivity index (χ2n) is 6.68. The number of fused-ring (bicyclic) bond motifs is 1. The van der Waals surface area contributed by atoms with Gasteiger partial charge < -0.3 is 9.15 Å². The van der Waals surface area contributed by atoms with Crippen molar-refractivity contribution in [3.63, 3.8) is 0 Å². The van der Waals surface area contributed by atoms with Crippen LogP contribution < -0.4 is 4.90 Å². The SMILES string of the molecule is CCC(OC(=O)c1ccc2ocnc2c1)C(=O)N(c1ccccc1)c1ccccc1. The van der Waals surface area contributed by atoms with E-state index in [1.54, 1.807) is 23.1 Å². The molecule has 0 spiro atoms. The van der Waals surface area contributed by atoms with E-state index in [1.165, 1.54) is 6.39 Å². The third-order valence-corrected chi connectivity index (χ3v) is 4.71. The van der Waals surface area contributed by atoms with Gasteiger partial charge in [0.25, 0.3) is 5.91 Å². The molecule has 0 aliphatic carbocycles. The summed E-state index contributed by atoms with van der Waals surface area (Å²) >= 11 is 0. The van der Waals surface area contributed by atoms with Crippen LogP contribution in [-0.2, 0) is 9.53 Å². The number of benzene rings is 3. The molecule has 0 N–H and O–H groups in total. The van der Waals surface area contributed by atoms with Crippen molar-refractivity contribution in [2.75, 3.05) is 4.90 Å². The molecule has 6 heteroatoms. The van der Waals surface area contributed by atoms with Crippen LogP contribution in [0, 0.1) is 0 Å². The van der Waals surface area contributed by atoms with Gasteiger partial charge in [-0.2, -0.15) is 0 Å². The number of rotatable bonds is 6. The molecule has 1 heterocycles. The number of oxazole rings is 1. The van der Waals surface area contributed by atoms with E-state index in [4.69, 9.17) is 9.15 Å². The smallest absolute Gasteiger partial charge is 0.338 e. The molecule has 4 rings (SSSR count). The summed E-state index contributed by atoms with van der Waals surface area (Å²) in [5, 5.41) is 0. The number of ether oxygens (including phenoxy) is 1. The predicted octanol–water partition coefficient (Wildman–Crippen LogP) is 5.13. The molecule has 0 aliphatic rings. The van der Waals surface area contributed by atoms with E-state index in [0.29, 0.717) is 34.5 Å². The van der Waals surface area contributed by atoms with E-state index in [-0.39, 0.29) is 5.91 Å². The first kappa shape index (κ1) is 19.4. The highest BCUT2D eigenvalue weighted by Gasteiger charge is 2.29. The average molecular weight is 400 g/mol. The van der Waals surface area contributed by atoms with E-state index in [9.17, 15) is 9.59 Å². The van der Waals surface area contributed by atoms with Crippen molar-refractivity contribution in [1.82, 2.24) is 4.98 Å². The fourth-order valence-electron chi connectivity index (χ4n) is 3.19. The molecule has 0 radical (unpaired) electrons. The highest BCUT2D eigenvalue weighted by Crippen LogP contribution is 2.27. The number of anilines is 2. The quantitative estimate of drug-likeness (QED) is 0.420. The van der Waals surface area contributed by atoms with Crippen LogP contribution in [0.2, 0.25) is 0 Å². The van der Waals surface area contributed by atoms with Gasteiger partial charge in [-0.15, -0.1) is 0 Å². The zero-order valence-electron chi connectivity index (χ0n) is 16.4. The third kappa shape index (κ3) is 3.93. The van der Waals surface area contributed by atoms with E-state index in [2.05, 4.69) is 4.98 Å². The summed E-state index contributed by atoms with van der Waals surface area (Å²) in [5.74, 6) is -0.896. The van der Waals surface area contributed by atoms with E-state index in [1.807, 2.05) is 67.6 Å². The molecule has 150 valence electrons. The van der Waals surface area contributed by atoms with Crippen molar-refractivity contribution in [2.24, 2.45) is 0 Å². The summed E-state index contributed by atoms with van der Waals surface area (Å²) in [5.41, 5.74) is 2.85. The van der Waals surface area contributed by atoms with Crippen LogP contribution in [0.15, 0.2) is 89.7 Å². The number of hydrogen-bond donors (Lipinski definition) is 0. The minimum absolute atomic E-state index is 0.314. The molecule has 1 aromatic heterocycles. The van der Waals surface area contributed by atoms with Gasteiger partial charge in [0.1, 0.15) is 5.52 Å². The molecule has 0 bridgehead atoms. The number of esters is 1. The van der Waals surface area contributed by atoms with Crippen LogP contribution in [0.3, 0.4) is 0 Å². The fraction of sp³-hybridized carbons (Fsp3) is 0.125. The first-order valence-corrected chi connectivity index (χ1v) is 9.65. The lowest BCUT2D eigenvalue weighted by molar-refractivity contribution is -0.126. The second kappa shape index (κ2) is 8.61. The van der Waals surface area contributed by atoms with Gasteiger partial charge in [-0.25, -0.2) is 9.78 Å². The summed E-state index contributed by atoms with van der Waals surface area (Å²) in [6.45, 7) is 1.81. The molecule has 0 saturated carbocycles. The zero-order chi connectivity index (χ0) is 20.9. The van der Waals surface area contributed by atoms with E-state index < -0.39 is 12.1 Å². The van der Waals surface area contributed by atoms with Gasteiger partial charge in [0.05, 0.1) is 5.56 Å². The van der Waals surface area contributed by atoms with E-state index >= 15 is 0 Å². The number of aromatic nitrogens is 1. The van der Waals surface area contributed by atoms with Crippen molar-refractivity contribution < 1.29 is 18.7 Å². The minimum Gasteiger partial charge on any atom is -0.449 e. The topological polar surface area (TPSA) is 72.6 Å². The van der Waals surface area contributed by atoms with Crippen LogP contribution in [0.5, 0.6) is 0 Å². The molecule has 1 unspecified atom stereocenters. The Bertz CT molecular complexity index is 1120. The van der Waals surface area contributed by atoms with Crippen molar-refractivity contribution in [3.05, 3.63) is 90.8 Å². The van der Waals surface area contributed by atoms with Crippen molar-refractivity contribution in [3.8, 4) is 0 Å². The largest absolute Gasteiger partial charge is 0.449 e. The van der Waals surface area contributed by atoms with Gasteiger partial charge in [-0.1, -0.05) is 43.3 Å². The Morgan fingerprint density at radius 2 is 1.60 bits per heavy atom. The van der Waals surface area contributed by atoms with Gasteiger partial charge in [0.15, 0.2) is 18.1 Å². The van der Waals surface area contributed by atoms with Crippen molar-refractivity contribution >= 4 is 34.4 Å². The van der Waals surface area contributed by atoms with Gasteiger partial charge in [0, 0.05) is 11.4 Å². The van der Waals surface area contributed by atoms with Crippen LogP contribution >= 0.6 is 0 Å². The molecule has 0 fully saturated rings. The standard InChI is InChI=1S/C24H20N2O4/c1-2-21(30-24(28)17-13-14-22-20(15-17)25-16-29-22)23(27)26(18-9-5-3-6-10-18)19-11-7-4-8-12-19/h3-16,21H,2H2,1H3. The average Bonchev–Trinajstić information content (AvgIpc) is 3.27. The van der Waals surface area contributed by atoms with Gasteiger partial charge >= 0.3 is 5.97 Å². The Balaban J connectivity index is 1.61. The number of hydrogen-bond acceptors (Lipinski definition) is 5. The number of amides is 1. The molecule has 30 heavy (non-hydrogen) atoms. The second-order valence-corrected chi connectivity index (χ2v) is 6.68. The maximum atomic E-state index is 13.4. The summed E-state index contributed by atoms with van der Waals surface area (Å²) < 4.78 is 10.8. The fourth-order valence-corrected chi connectivity index (χ4v) is 3.19. The van der Waals surface area contributed by atoms with Crippen LogP contribution in [0.25, 0.3) is 11.1 Å². The highest BCUT2D eigenvalue weighted by molar-refractivity contribution is 6.04. The zero-order valence-corrected chi connectivity index (χ0v) is 16.4. The van der Waals surface area contributed by atoms with Crippen LogP contribution in [0.4, 0.5) is 11.4 Å². The Morgan fingerprint density at radius 3 is 2.20 bits per heavy atom. The van der Waals surface area contributed by atoms with Gasteiger partial charge in [0.2, 0.25) is 0 Å². The molecule has 1 amide bonds. The van der Waals surface area contributed by atoms with Crippen molar-refractivity contribution in [1.29, 1.82) is 0 Å². The lowest BCUT2D eigenvalue weighted by Crippen LogP contribution is -2.38. The van der Waals surface area contributed by atoms with Crippen LogP contribution in [-0.4, -0.2) is 23.0 Å². The Kier molecular flexibility index (Phi) is 5.57. The Hall–Kier alpha value is -3.93. The number of carbonyl (C=O) groups is 2. The molecule has 3 aromatic carbocycles. The lowest BCUT2D eigenvalue weighted by Gasteiger charge is -2.27. The van der Waals surface area contributed by atoms with Crippen molar-refractivity contribution in [2.45, 2.75) is 19.4 Å². The van der Waals surface area contributed by atoms with Crippen LogP contribution in [0.1, 0.15) is 23.7 Å². The first-order valence-electron chi connectivity index (χ1n) is 9.65. The Labute approximate surface area is 173 Å². The molecule has 4 aromatic rings. The molecule has 6 nitrogen and oxygen atoms in total. The van der Waals surface area contributed by atoms with Gasteiger partial charge in [-0.05, 0) is 48.9 Å². The molecule has 1 atom stereocenters. The monoisotopic (exact) mass is 400 g/mol. The number of para-hydroxylation sites is 2. The summed E-state index contributed by atoms with van der Waals surface area (Å²) in [7, 11) is 0. The summed E-state index contributed by atoms with van der Waals surface area (Å²) in [4.78, 5) is 31.8. The Morgan fingerprint density at radius 1 is 0.967 bits per heavy atom. The number of nitrogens with zero attached hydrogens (tertiary/aromatic N) is 2. The molecule has 0 aliphatic heterocycles. The maximum Gasteiger partial charge on any atom is 0.338 e. The van der Waals surface area contributed by atoms with E-state index in [0.717, 1.165) is 0 Å². The molecular weight excluding hydrogens is 380 g/mol. The summed E-state index contributed by atoms with van der Waals surface area (Å²) in [6, 6.07) is 23.4. The number of carbonyl (C=O) groups excluding carboxylic acids is 2. The maximum absolute atomic E-state index is 13.4. The van der Waals surface area contributed by atoms with Gasteiger partial charge in [-0.3, -0.25) is 9.69 Å². The normalized spacial score (nSPS) is 11.8. The highest BCUT2D eigenvalue weighted by atomic mass is 16.5. The first-order chi connectivity index (χ1) is 14.7. The lowest BCUT2D eigenvalue weighted by atomic mass is 10.1. The molecular formula is C24H20N2O4. The minimum atomic E-state index is -0.939. The third-order valence-electron chi connectivity index (χ3n) is 4.71.